The molecule has 2 aliphatic heterocycles. The second kappa shape index (κ2) is 9.66. The summed E-state index contributed by atoms with van der Waals surface area (Å²) in [7, 11) is 0. The number of aliphatic carboxylic acids is 1. The lowest BCUT2D eigenvalue weighted by Gasteiger charge is -2.37. The summed E-state index contributed by atoms with van der Waals surface area (Å²) in [5.74, 6) is -3.54. The Bertz CT molecular complexity index is 1480. The van der Waals surface area contributed by atoms with E-state index in [1.807, 2.05) is 36.4 Å². The number of amides is 4. The quantitative estimate of drug-likeness (QED) is 0.298. The lowest BCUT2D eigenvalue weighted by molar-refractivity contribution is -0.142. The molecule has 5 rings (SSSR count). The highest BCUT2D eigenvalue weighted by atomic mass is 16.4. The Morgan fingerprint density at radius 1 is 1.11 bits per heavy atom. The van der Waals surface area contributed by atoms with Gasteiger partial charge < -0.3 is 31.4 Å². The first-order valence-corrected chi connectivity index (χ1v) is 12.3. The van der Waals surface area contributed by atoms with Crippen molar-refractivity contribution in [3.63, 3.8) is 0 Å². The molecule has 11 nitrogen and oxygen atoms in total. The average Bonchev–Trinajstić information content (AvgIpc) is 3.41. The molecule has 11 heteroatoms. The molecule has 2 aliphatic rings. The first-order valence-electron chi connectivity index (χ1n) is 12.3. The number of nitrogens with two attached hydrogens (primary N) is 1. The van der Waals surface area contributed by atoms with Crippen molar-refractivity contribution in [2.45, 2.75) is 50.4 Å². The predicted octanol–water partition coefficient (Wildman–Crippen LogP) is 0.977. The van der Waals surface area contributed by atoms with Crippen LogP contribution in [0.25, 0.3) is 10.9 Å². The van der Waals surface area contributed by atoms with Crippen LogP contribution in [0.3, 0.4) is 0 Å². The van der Waals surface area contributed by atoms with Crippen LogP contribution in [0.1, 0.15) is 53.0 Å². The molecule has 4 unspecified atom stereocenters. The number of carboxylic acids is 1. The molecule has 3 aromatic rings. The fourth-order valence-electron chi connectivity index (χ4n) is 5.35. The fraction of sp³-hybridized carbons (Fsp3) is 0.296. The molecule has 0 fully saturated rings. The minimum absolute atomic E-state index is 0.175. The van der Waals surface area contributed by atoms with Crippen molar-refractivity contribution >= 4 is 40.5 Å². The predicted molar refractivity (Wildman–Crippen MR) is 136 cm³/mol. The summed E-state index contributed by atoms with van der Waals surface area (Å²) < 4.78 is 0. The summed E-state index contributed by atoms with van der Waals surface area (Å²) in [5.41, 5.74) is 9.10. The van der Waals surface area contributed by atoms with Crippen molar-refractivity contribution in [2.24, 2.45) is 5.73 Å². The summed E-state index contributed by atoms with van der Waals surface area (Å²) in [5, 5.41) is 15.3. The van der Waals surface area contributed by atoms with E-state index in [0.717, 1.165) is 27.7 Å². The van der Waals surface area contributed by atoms with E-state index in [9.17, 15) is 29.1 Å². The molecule has 2 aromatic carbocycles. The largest absolute Gasteiger partial charge is 0.480 e. The third-order valence-electron chi connectivity index (χ3n) is 7.20. The number of H-pyrrole nitrogens is 1. The van der Waals surface area contributed by atoms with Gasteiger partial charge in [0.15, 0.2) is 0 Å². The molecule has 0 aliphatic carbocycles. The van der Waals surface area contributed by atoms with Crippen molar-refractivity contribution in [1.29, 1.82) is 0 Å². The maximum Gasteiger partial charge on any atom is 0.326 e. The van der Waals surface area contributed by atoms with E-state index in [0.29, 0.717) is 5.56 Å². The van der Waals surface area contributed by atoms with Crippen molar-refractivity contribution in [1.82, 2.24) is 20.5 Å². The van der Waals surface area contributed by atoms with Crippen molar-refractivity contribution in [3.8, 4) is 0 Å². The monoisotopic (exact) mass is 517 g/mol. The van der Waals surface area contributed by atoms with Crippen molar-refractivity contribution in [2.75, 3.05) is 0 Å². The Labute approximate surface area is 217 Å². The molecule has 0 spiro atoms. The fourth-order valence-corrected chi connectivity index (χ4v) is 5.35. The summed E-state index contributed by atoms with van der Waals surface area (Å²) in [4.78, 5) is 67.3. The van der Waals surface area contributed by atoms with E-state index >= 15 is 0 Å². The Balaban J connectivity index is 1.41. The van der Waals surface area contributed by atoms with Gasteiger partial charge in [-0.3, -0.25) is 19.2 Å². The summed E-state index contributed by atoms with van der Waals surface area (Å²) in [6, 6.07) is 11.2. The molecule has 4 amide bonds. The van der Waals surface area contributed by atoms with Crippen LogP contribution in [0, 0.1) is 0 Å². The smallest absolute Gasteiger partial charge is 0.326 e. The maximum atomic E-state index is 13.6. The number of hydrogen-bond donors (Lipinski definition) is 5. The number of hydrogen-bond acceptors (Lipinski definition) is 5. The van der Waals surface area contributed by atoms with Gasteiger partial charge in [-0.25, -0.2) is 4.79 Å². The van der Waals surface area contributed by atoms with Gasteiger partial charge in [-0.05, 0) is 36.6 Å². The minimum atomic E-state index is -1.34. The van der Waals surface area contributed by atoms with Gasteiger partial charge >= 0.3 is 5.97 Å². The number of carbonyl (C=O) groups is 5. The highest BCUT2D eigenvalue weighted by molar-refractivity contribution is 6.04. The normalized spacial score (nSPS) is 19.2. The molecule has 0 saturated carbocycles. The van der Waals surface area contributed by atoms with Crippen molar-refractivity contribution in [3.05, 3.63) is 70.9 Å². The Morgan fingerprint density at radius 2 is 1.82 bits per heavy atom. The number of rotatable bonds is 8. The Kier molecular flexibility index (Phi) is 6.35. The van der Waals surface area contributed by atoms with Crippen LogP contribution in [-0.4, -0.2) is 62.7 Å². The van der Waals surface area contributed by atoms with Gasteiger partial charge in [0.05, 0.1) is 6.04 Å². The highest BCUT2D eigenvalue weighted by Gasteiger charge is 2.49. The van der Waals surface area contributed by atoms with Crippen LogP contribution in [-0.2, 0) is 25.6 Å². The molecule has 1 aromatic heterocycles. The van der Waals surface area contributed by atoms with Gasteiger partial charge in [-0.1, -0.05) is 36.4 Å². The molecule has 0 bridgehead atoms. The average molecular weight is 518 g/mol. The number of aromatic amines is 1. The molecule has 0 radical (unpaired) electrons. The second-order valence-corrected chi connectivity index (χ2v) is 9.62. The molecule has 196 valence electrons. The van der Waals surface area contributed by atoms with Crippen LogP contribution in [0.5, 0.6) is 0 Å². The zero-order valence-electron chi connectivity index (χ0n) is 20.6. The Hall–Kier alpha value is -4.67. The van der Waals surface area contributed by atoms with Gasteiger partial charge in [0.2, 0.25) is 17.7 Å². The first-order chi connectivity index (χ1) is 18.2. The van der Waals surface area contributed by atoms with Crippen LogP contribution in [0.2, 0.25) is 0 Å². The van der Waals surface area contributed by atoms with E-state index < -0.39 is 47.9 Å². The van der Waals surface area contributed by atoms with Crippen LogP contribution in [0.4, 0.5) is 0 Å². The zero-order valence-corrected chi connectivity index (χ0v) is 20.6. The number of carboxylic acid groups (broad SMARTS) is 1. The molecular formula is C27H27N5O6. The molecule has 3 heterocycles. The molecule has 6 N–H and O–H groups in total. The van der Waals surface area contributed by atoms with Gasteiger partial charge in [0, 0.05) is 35.0 Å². The third kappa shape index (κ3) is 4.25. The molecular weight excluding hydrogens is 490 g/mol. The van der Waals surface area contributed by atoms with Gasteiger partial charge in [0.1, 0.15) is 18.1 Å². The SMILES string of the molecule is CC(NC(=O)C1Cc2c([nH]c3ccccc23)C2c3ccccc3C(=O)N12)C(=O)NC(CCC(N)=O)C(=O)O. The number of aromatic nitrogens is 1. The second-order valence-electron chi connectivity index (χ2n) is 9.62. The third-order valence-corrected chi connectivity index (χ3v) is 7.20. The zero-order chi connectivity index (χ0) is 27.1. The molecule has 0 saturated heterocycles. The van der Waals surface area contributed by atoms with Crippen LogP contribution >= 0.6 is 0 Å². The highest BCUT2D eigenvalue weighted by Crippen LogP contribution is 2.46. The van der Waals surface area contributed by atoms with E-state index in [1.165, 1.54) is 6.92 Å². The van der Waals surface area contributed by atoms with E-state index in [-0.39, 0.29) is 25.2 Å². The number of fused-ring (bicyclic) bond motifs is 7. The van der Waals surface area contributed by atoms with E-state index in [2.05, 4.69) is 15.6 Å². The van der Waals surface area contributed by atoms with E-state index in [1.54, 1.807) is 17.0 Å². The molecule has 38 heavy (non-hydrogen) atoms. The van der Waals surface area contributed by atoms with E-state index in [4.69, 9.17) is 5.73 Å². The number of para-hydroxylation sites is 1. The standard InChI is InChI=1S/C27H27N5O6/c1-13(24(34)31-19(27(37)38)10-11-21(28)33)29-25(35)20-12-17-14-6-4-5-9-18(14)30-22(17)23-15-7-2-3-8-16(15)26(36)32(20)23/h2-9,13,19-20,23,30H,10-12H2,1H3,(H2,28,33)(H,29,35)(H,31,34)(H,37,38). The van der Waals surface area contributed by atoms with Crippen molar-refractivity contribution < 1.29 is 29.1 Å². The van der Waals surface area contributed by atoms with Gasteiger partial charge in [0.25, 0.3) is 5.91 Å². The first kappa shape index (κ1) is 25.0. The van der Waals surface area contributed by atoms with Crippen LogP contribution in [0.15, 0.2) is 48.5 Å². The molecule has 4 atom stereocenters. The number of primary amides is 1. The number of nitrogens with zero attached hydrogens (tertiary/aromatic N) is 1. The van der Waals surface area contributed by atoms with Gasteiger partial charge in [-0.15, -0.1) is 0 Å². The lowest BCUT2D eigenvalue weighted by Crippen LogP contribution is -2.57. The maximum absolute atomic E-state index is 13.6. The van der Waals surface area contributed by atoms with Crippen LogP contribution < -0.4 is 16.4 Å². The summed E-state index contributed by atoms with van der Waals surface area (Å²) in [6.07, 6.45) is -0.149. The van der Waals surface area contributed by atoms with Gasteiger partial charge in [-0.2, -0.15) is 0 Å². The minimum Gasteiger partial charge on any atom is -0.480 e. The summed E-state index contributed by atoms with van der Waals surface area (Å²) >= 11 is 0. The number of benzene rings is 2. The number of carbonyl (C=O) groups excluding carboxylic acids is 4. The topological polar surface area (TPSA) is 175 Å². The number of nitrogens with one attached hydrogen (secondary N) is 3. The lowest BCUT2D eigenvalue weighted by atomic mass is 9.90. The summed E-state index contributed by atoms with van der Waals surface area (Å²) in [6.45, 7) is 1.43. The Morgan fingerprint density at radius 3 is 2.55 bits per heavy atom.